The van der Waals surface area contributed by atoms with E-state index in [0.717, 1.165) is 19.3 Å². The van der Waals surface area contributed by atoms with E-state index in [1.165, 1.54) is 6.92 Å². The van der Waals surface area contributed by atoms with Crippen LogP contribution in [-0.4, -0.2) is 49.5 Å². The van der Waals surface area contributed by atoms with Crippen LogP contribution in [0.15, 0.2) is 18.3 Å². The van der Waals surface area contributed by atoms with Gasteiger partial charge in [0.15, 0.2) is 17.3 Å². The number of amides is 1. The van der Waals surface area contributed by atoms with Crippen molar-refractivity contribution >= 4 is 23.0 Å². The van der Waals surface area contributed by atoms with Crippen molar-refractivity contribution in [3.63, 3.8) is 0 Å². The lowest BCUT2D eigenvalue weighted by molar-refractivity contribution is 0.00787. The summed E-state index contributed by atoms with van der Waals surface area (Å²) in [5, 5.41) is 0. The van der Waals surface area contributed by atoms with Gasteiger partial charge in [-0.05, 0) is 52.2 Å². The molecule has 0 aromatic carbocycles. The molecule has 3 heterocycles. The summed E-state index contributed by atoms with van der Waals surface area (Å²) in [5.74, 6) is 0.274. The summed E-state index contributed by atoms with van der Waals surface area (Å²) in [4.78, 5) is 35.3. The zero-order valence-electron chi connectivity index (χ0n) is 15.9. The fraction of sp³-hybridized carbons (Fsp3) is 0.579. The number of carbonyl (C=O) groups is 2. The van der Waals surface area contributed by atoms with E-state index in [9.17, 15) is 9.59 Å². The largest absolute Gasteiger partial charge is 0.444 e. The van der Waals surface area contributed by atoms with E-state index in [-0.39, 0.29) is 17.9 Å². The predicted octanol–water partition coefficient (Wildman–Crippen LogP) is 3.42. The van der Waals surface area contributed by atoms with Gasteiger partial charge >= 0.3 is 6.09 Å². The number of nitrogens with zero attached hydrogens (tertiary/aromatic N) is 4. The SMILES string of the molecule is CC(=O)c1nc2cccnc2n1C[C@@H]1CCCCN1C(=O)OC(C)(C)C. The molecule has 0 radical (unpaired) electrons. The maximum atomic E-state index is 12.6. The van der Waals surface area contributed by atoms with Gasteiger partial charge in [-0.15, -0.1) is 0 Å². The molecule has 0 N–H and O–H groups in total. The maximum Gasteiger partial charge on any atom is 0.410 e. The van der Waals surface area contributed by atoms with Gasteiger partial charge in [-0.3, -0.25) is 4.79 Å². The minimum atomic E-state index is -0.535. The highest BCUT2D eigenvalue weighted by Gasteiger charge is 2.32. The van der Waals surface area contributed by atoms with Crippen molar-refractivity contribution in [3.8, 4) is 0 Å². The lowest BCUT2D eigenvalue weighted by Crippen LogP contribution is -2.48. The third-order valence-electron chi connectivity index (χ3n) is 4.47. The quantitative estimate of drug-likeness (QED) is 0.786. The highest BCUT2D eigenvalue weighted by atomic mass is 16.6. The van der Waals surface area contributed by atoms with Crippen molar-refractivity contribution in [1.82, 2.24) is 19.4 Å². The molecule has 0 aliphatic carbocycles. The number of hydrogen-bond acceptors (Lipinski definition) is 5. The average molecular weight is 358 g/mol. The van der Waals surface area contributed by atoms with Gasteiger partial charge in [-0.2, -0.15) is 0 Å². The Hall–Kier alpha value is -2.44. The lowest BCUT2D eigenvalue weighted by Gasteiger charge is -2.37. The molecule has 1 atom stereocenters. The van der Waals surface area contributed by atoms with Crippen LogP contribution in [-0.2, 0) is 11.3 Å². The average Bonchev–Trinajstić information content (AvgIpc) is 2.93. The van der Waals surface area contributed by atoms with Gasteiger partial charge in [0.2, 0.25) is 0 Å². The van der Waals surface area contributed by atoms with Gasteiger partial charge in [-0.1, -0.05) is 0 Å². The number of imidazole rings is 1. The zero-order valence-corrected chi connectivity index (χ0v) is 15.9. The minimum absolute atomic E-state index is 0.0453. The van der Waals surface area contributed by atoms with Crippen LogP contribution in [0.2, 0.25) is 0 Å². The number of piperidine rings is 1. The van der Waals surface area contributed by atoms with E-state index < -0.39 is 5.60 Å². The summed E-state index contributed by atoms with van der Waals surface area (Å²) < 4.78 is 7.41. The molecule has 0 spiro atoms. The monoisotopic (exact) mass is 358 g/mol. The van der Waals surface area contributed by atoms with Crippen molar-refractivity contribution in [1.29, 1.82) is 0 Å². The van der Waals surface area contributed by atoms with Crippen LogP contribution in [0.4, 0.5) is 4.79 Å². The number of ketones is 1. The fourth-order valence-electron chi connectivity index (χ4n) is 3.36. The van der Waals surface area contributed by atoms with Crippen LogP contribution < -0.4 is 0 Å². The number of rotatable bonds is 3. The highest BCUT2D eigenvalue weighted by Crippen LogP contribution is 2.24. The molecule has 1 amide bonds. The van der Waals surface area contributed by atoms with E-state index in [4.69, 9.17) is 4.74 Å². The molecular formula is C19H26N4O3. The first kappa shape index (κ1) is 18.4. The number of hydrogen-bond donors (Lipinski definition) is 0. The predicted molar refractivity (Wildman–Crippen MR) is 98.1 cm³/mol. The van der Waals surface area contributed by atoms with Gasteiger partial charge in [0.1, 0.15) is 11.1 Å². The summed E-state index contributed by atoms with van der Waals surface area (Å²) in [6, 6.07) is 3.60. The van der Waals surface area contributed by atoms with E-state index in [0.29, 0.717) is 30.1 Å². The van der Waals surface area contributed by atoms with Crippen LogP contribution in [0.5, 0.6) is 0 Å². The maximum absolute atomic E-state index is 12.6. The van der Waals surface area contributed by atoms with Crippen LogP contribution in [0, 0.1) is 0 Å². The van der Waals surface area contributed by atoms with E-state index in [2.05, 4.69) is 9.97 Å². The van der Waals surface area contributed by atoms with Gasteiger partial charge in [0.25, 0.3) is 0 Å². The Labute approximate surface area is 153 Å². The lowest BCUT2D eigenvalue weighted by atomic mass is 10.0. The normalized spacial score (nSPS) is 18.2. The second-order valence-electron chi connectivity index (χ2n) is 7.77. The first-order valence-corrected chi connectivity index (χ1v) is 9.08. The first-order valence-electron chi connectivity index (χ1n) is 9.08. The van der Waals surface area contributed by atoms with Gasteiger partial charge in [0.05, 0.1) is 6.04 Å². The highest BCUT2D eigenvalue weighted by molar-refractivity contribution is 5.94. The number of ether oxygens (including phenoxy) is 1. The zero-order chi connectivity index (χ0) is 18.9. The van der Waals surface area contributed by atoms with Crippen LogP contribution in [0.1, 0.15) is 57.6 Å². The summed E-state index contributed by atoms with van der Waals surface area (Å²) in [6.07, 6.45) is 4.25. The van der Waals surface area contributed by atoms with Crippen molar-refractivity contribution in [2.24, 2.45) is 0 Å². The topological polar surface area (TPSA) is 77.3 Å². The van der Waals surface area contributed by atoms with Gasteiger partial charge in [0, 0.05) is 26.2 Å². The Bertz CT molecular complexity index is 822. The molecule has 2 aromatic heterocycles. The fourth-order valence-corrected chi connectivity index (χ4v) is 3.36. The second-order valence-corrected chi connectivity index (χ2v) is 7.77. The standard InChI is InChI=1S/C19H26N4O3/c1-13(24)16-21-15-9-7-10-20-17(15)23(16)12-14-8-5-6-11-22(14)18(25)26-19(2,3)4/h7,9-10,14H,5-6,8,11-12H2,1-4H3/t14-/m0/s1. The van der Waals surface area contributed by atoms with Gasteiger partial charge < -0.3 is 14.2 Å². The molecule has 7 heteroatoms. The van der Waals surface area contributed by atoms with Crippen LogP contribution >= 0.6 is 0 Å². The molecule has 140 valence electrons. The Kier molecular flexibility index (Phi) is 4.98. The smallest absolute Gasteiger partial charge is 0.410 e. The molecule has 1 fully saturated rings. The number of pyridine rings is 1. The van der Waals surface area contributed by atoms with Crippen molar-refractivity contribution in [2.75, 3.05) is 6.54 Å². The summed E-state index contributed by atoms with van der Waals surface area (Å²) in [6.45, 7) is 8.25. The Morgan fingerprint density at radius 2 is 2.08 bits per heavy atom. The van der Waals surface area contributed by atoms with E-state index in [1.807, 2.05) is 31.4 Å². The minimum Gasteiger partial charge on any atom is -0.444 e. The molecule has 0 unspecified atom stereocenters. The molecule has 7 nitrogen and oxygen atoms in total. The third kappa shape index (κ3) is 3.86. The summed E-state index contributed by atoms with van der Waals surface area (Å²) in [5.41, 5.74) is 0.831. The number of aromatic nitrogens is 3. The van der Waals surface area contributed by atoms with Crippen LogP contribution in [0.3, 0.4) is 0 Å². The Balaban J connectivity index is 1.91. The second kappa shape index (κ2) is 7.05. The third-order valence-corrected chi connectivity index (χ3v) is 4.47. The first-order chi connectivity index (χ1) is 12.3. The number of likely N-dealkylation sites (tertiary alicyclic amines) is 1. The molecule has 1 aliphatic rings. The van der Waals surface area contributed by atoms with Crippen molar-refractivity contribution < 1.29 is 14.3 Å². The number of fused-ring (bicyclic) bond motifs is 1. The molecular weight excluding hydrogens is 332 g/mol. The van der Waals surface area contributed by atoms with E-state index >= 15 is 0 Å². The summed E-state index contributed by atoms with van der Waals surface area (Å²) >= 11 is 0. The number of carbonyl (C=O) groups excluding carboxylic acids is 2. The van der Waals surface area contributed by atoms with Crippen molar-refractivity contribution in [2.45, 2.75) is 65.1 Å². The van der Waals surface area contributed by atoms with Crippen LogP contribution in [0.25, 0.3) is 11.2 Å². The molecule has 3 rings (SSSR count). The molecule has 1 saturated heterocycles. The van der Waals surface area contributed by atoms with E-state index in [1.54, 1.807) is 17.2 Å². The Morgan fingerprint density at radius 3 is 2.77 bits per heavy atom. The summed E-state index contributed by atoms with van der Waals surface area (Å²) in [7, 11) is 0. The molecule has 0 bridgehead atoms. The Morgan fingerprint density at radius 1 is 1.31 bits per heavy atom. The molecule has 2 aromatic rings. The molecule has 0 saturated carbocycles. The molecule has 1 aliphatic heterocycles. The number of Topliss-reactive ketones (excluding diaryl/α,β-unsaturated/α-hetero) is 1. The van der Waals surface area contributed by atoms with Gasteiger partial charge in [-0.25, -0.2) is 14.8 Å². The van der Waals surface area contributed by atoms with Crippen molar-refractivity contribution in [3.05, 3.63) is 24.2 Å². The molecule has 26 heavy (non-hydrogen) atoms.